The molecule has 0 heterocycles. The van der Waals surface area contributed by atoms with Crippen LogP contribution in [-0.2, 0) is 19.1 Å². The van der Waals surface area contributed by atoms with Crippen LogP contribution in [0, 0.1) is 0 Å². The number of esters is 2. The summed E-state index contributed by atoms with van der Waals surface area (Å²) in [6, 6.07) is 0. The summed E-state index contributed by atoms with van der Waals surface area (Å²) < 4.78 is 9.03. The van der Waals surface area contributed by atoms with Crippen LogP contribution in [0.4, 0.5) is 0 Å². The number of hydrogen-bond donors (Lipinski definition) is 1. The van der Waals surface area contributed by atoms with Crippen LogP contribution in [0.25, 0.3) is 0 Å². The van der Waals surface area contributed by atoms with Gasteiger partial charge in [-0.25, -0.2) is 4.79 Å². The van der Waals surface area contributed by atoms with Gasteiger partial charge in [-0.2, -0.15) is 0 Å². The molecule has 1 N–H and O–H groups in total. The van der Waals surface area contributed by atoms with Gasteiger partial charge in [-0.1, -0.05) is 32.2 Å². The number of rotatable bonds is 6. The number of carbonyl (C=O) groups excluding carboxylic acids is 2. The van der Waals surface area contributed by atoms with E-state index in [-0.39, 0.29) is 12.6 Å². The normalized spacial score (nSPS) is 10.3. The second-order valence-corrected chi connectivity index (χ2v) is 2.92. The summed E-state index contributed by atoms with van der Waals surface area (Å²) in [5.41, 5.74) is 0. The van der Waals surface area contributed by atoms with Gasteiger partial charge in [0.05, 0.1) is 0 Å². The molecule has 0 saturated heterocycles. The van der Waals surface area contributed by atoms with Crippen molar-refractivity contribution in [2.45, 2.75) is 26.4 Å². The molecule has 5 heteroatoms. The Morgan fingerprint density at radius 1 is 1.24 bits per heavy atom. The predicted octanol–water partition coefficient (Wildman–Crippen LogP) is 1.22. The van der Waals surface area contributed by atoms with Gasteiger partial charge in [0, 0.05) is 6.42 Å². The topological polar surface area (TPSA) is 72.8 Å². The Hall–Kier alpha value is -1.62. The van der Waals surface area contributed by atoms with Crippen molar-refractivity contribution in [2.24, 2.45) is 0 Å². The van der Waals surface area contributed by atoms with Gasteiger partial charge in [-0.15, -0.1) is 0 Å². The molecule has 0 aromatic carbocycles. The molecule has 1 unspecified atom stereocenters. The van der Waals surface area contributed by atoms with Gasteiger partial charge in [0.15, 0.2) is 0 Å². The van der Waals surface area contributed by atoms with Crippen LogP contribution in [0.2, 0.25) is 0 Å². The SMILES string of the molecule is C=CCOC(=O)C(C)O.C=CCOC(=O)CC. The van der Waals surface area contributed by atoms with E-state index in [0.717, 1.165) is 0 Å². The molecule has 0 aliphatic heterocycles. The van der Waals surface area contributed by atoms with Crippen molar-refractivity contribution in [3.05, 3.63) is 25.3 Å². The van der Waals surface area contributed by atoms with Crippen LogP contribution in [0.3, 0.4) is 0 Å². The molecule has 0 aromatic heterocycles. The lowest BCUT2D eigenvalue weighted by atomic mass is 10.4. The lowest BCUT2D eigenvalue weighted by Gasteiger charge is -2.01. The Balaban J connectivity index is 0. The molecule has 0 amide bonds. The summed E-state index contributed by atoms with van der Waals surface area (Å²) in [5.74, 6) is -0.792. The summed E-state index contributed by atoms with van der Waals surface area (Å²) in [6.45, 7) is 10.3. The molecule has 0 aliphatic carbocycles. The second-order valence-electron chi connectivity index (χ2n) is 2.92. The van der Waals surface area contributed by atoms with E-state index < -0.39 is 12.1 Å². The van der Waals surface area contributed by atoms with Crippen LogP contribution >= 0.6 is 0 Å². The Bertz CT molecular complexity index is 245. The van der Waals surface area contributed by atoms with Crippen molar-refractivity contribution in [1.82, 2.24) is 0 Å². The standard InChI is InChI=1S/C6H10O3.C6H10O2/c1-3-4-9-6(8)5(2)7;1-3-5-8-6(7)4-2/h3,5,7H,1,4H2,2H3;3H,1,4-5H2,2H3. The first-order valence-corrected chi connectivity index (χ1v) is 5.21. The van der Waals surface area contributed by atoms with E-state index in [0.29, 0.717) is 13.0 Å². The van der Waals surface area contributed by atoms with Gasteiger partial charge in [0.1, 0.15) is 19.3 Å². The third-order valence-electron chi connectivity index (χ3n) is 1.34. The molecule has 0 aliphatic rings. The van der Waals surface area contributed by atoms with E-state index in [4.69, 9.17) is 5.11 Å². The Labute approximate surface area is 102 Å². The number of aliphatic hydroxyl groups excluding tert-OH is 1. The van der Waals surface area contributed by atoms with Crippen LogP contribution in [0.5, 0.6) is 0 Å². The van der Waals surface area contributed by atoms with Crippen molar-refractivity contribution in [3.8, 4) is 0 Å². The Morgan fingerprint density at radius 2 is 1.71 bits per heavy atom. The van der Waals surface area contributed by atoms with Gasteiger partial charge < -0.3 is 14.6 Å². The van der Waals surface area contributed by atoms with Gasteiger partial charge in [0.2, 0.25) is 0 Å². The first-order chi connectivity index (χ1) is 7.99. The van der Waals surface area contributed by atoms with Gasteiger partial charge in [-0.05, 0) is 6.92 Å². The van der Waals surface area contributed by atoms with Crippen molar-refractivity contribution in [2.75, 3.05) is 13.2 Å². The first-order valence-electron chi connectivity index (χ1n) is 5.21. The molecule has 0 aromatic rings. The van der Waals surface area contributed by atoms with Crippen LogP contribution in [-0.4, -0.2) is 36.4 Å². The highest BCUT2D eigenvalue weighted by Crippen LogP contribution is 1.85. The van der Waals surface area contributed by atoms with E-state index in [9.17, 15) is 9.59 Å². The summed E-state index contributed by atoms with van der Waals surface area (Å²) in [5, 5.41) is 8.54. The molecule has 0 spiro atoms. The summed E-state index contributed by atoms with van der Waals surface area (Å²) in [7, 11) is 0. The maximum Gasteiger partial charge on any atom is 0.334 e. The molecular weight excluding hydrogens is 224 g/mol. The Morgan fingerprint density at radius 3 is 2.06 bits per heavy atom. The van der Waals surface area contributed by atoms with Crippen molar-refractivity contribution >= 4 is 11.9 Å². The van der Waals surface area contributed by atoms with Crippen molar-refractivity contribution in [1.29, 1.82) is 0 Å². The fraction of sp³-hybridized carbons (Fsp3) is 0.500. The molecule has 17 heavy (non-hydrogen) atoms. The first kappa shape index (κ1) is 17.8. The van der Waals surface area contributed by atoms with E-state index in [1.165, 1.54) is 13.0 Å². The minimum atomic E-state index is -1.04. The van der Waals surface area contributed by atoms with Gasteiger partial charge in [0.25, 0.3) is 0 Å². The highest BCUT2D eigenvalue weighted by Gasteiger charge is 2.07. The third-order valence-corrected chi connectivity index (χ3v) is 1.34. The third kappa shape index (κ3) is 14.4. The van der Waals surface area contributed by atoms with Crippen LogP contribution in [0.1, 0.15) is 20.3 Å². The molecule has 1 atom stereocenters. The molecular formula is C12H20O5. The van der Waals surface area contributed by atoms with E-state index in [1.54, 1.807) is 13.0 Å². The van der Waals surface area contributed by atoms with Crippen molar-refractivity contribution in [3.63, 3.8) is 0 Å². The van der Waals surface area contributed by atoms with E-state index in [1.807, 2.05) is 0 Å². The number of carbonyl (C=O) groups is 2. The maximum absolute atomic E-state index is 10.4. The molecule has 0 fully saturated rings. The smallest absolute Gasteiger partial charge is 0.334 e. The van der Waals surface area contributed by atoms with Crippen molar-refractivity contribution < 1.29 is 24.2 Å². The molecule has 98 valence electrons. The average Bonchev–Trinajstić information content (AvgIpc) is 2.33. The minimum Gasteiger partial charge on any atom is -0.461 e. The number of hydrogen-bond acceptors (Lipinski definition) is 5. The summed E-state index contributed by atoms with van der Waals surface area (Å²) in [6.07, 6.45) is 2.40. The highest BCUT2D eigenvalue weighted by molar-refractivity contribution is 5.73. The molecule has 0 saturated carbocycles. The fourth-order valence-corrected chi connectivity index (χ4v) is 0.516. The van der Waals surface area contributed by atoms with Crippen LogP contribution in [0.15, 0.2) is 25.3 Å². The zero-order chi connectivity index (χ0) is 13.7. The molecule has 5 nitrogen and oxygen atoms in total. The second kappa shape index (κ2) is 12.4. The molecule has 0 bridgehead atoms. The minimum absolute atomic E-state index is 0.156. The van der Waals surface area contributed by atoms with E-state index in [2.05, 4.69) is 22.6 Å². The maximum atomic E-state index is 10.4. The fourth-order valence-electron chi connectivity index (χ4n) is 0.516. The van der Waals surface area contributed by atoms with E-state index >= 15 is 0 Å². The average molecular weight is 244 g/mol. The number of aliphatic hydroxyl groups is 1. The predicted molar refractivity (Wildman–Crippen MR) is 64.3 cm³/mol. The monoisotopic (exact) mass is 244 g/mol. The van der Waals surface area contributed by atoms with Gasteiger partial charge in [-0.3, -0.25) is 4.79 Å². The highest BCUT2D eigenvalue weighted by atomic mass is 16.5. The zero-order valence-electron chi connectivity index (χ0n) is 10.3. The number of ether oxygens (including phenoxy) is 2. The van der Waals surface area contributed by atoms with Gasteiger partial charge >= 0.3 is 11.9 Å². The summed E-state index contributed by atoms with van der Waals surface area (Å²) in [4.78, 5) is 20.7. The summed E-state index contributed by atoms with van der Waals surface area (Å²) >= 11 is 0. The molecule has 0 rings (SSSR count). The van der Waals surface area contributed by atoms with Crippen LogP contribution < -0.4 is 0 Å². The largest absolute Gasteiger partial charge is 0.461 e. The lowest BCUT2D eigenvalue weighted by Crippen LogP contribution is -2.19. The Kier molecular flexibility index (Phi) is 13.0. The lowest BCUT2D eigenvalue weighted by molar-refractivity contribution is -0.151. The molecule has 0 radical (unpaired) electrons. The quantitative estimate of drug-likeness (QED) is 0.562. The zero-order valence-corrected chi connectivity index (χ0v) is 10.3.